The quantitative estimate of drug-likeness (QED) is 0.566. The fraction of sp³-hybridized carbons (Fsp3) is 0.636. The largest absolute Gasteiger partial charge is 0.493 e. The van der Waals surface area contributed by atoms with Crippen molar-refractivity contribution in [3.05, 3.63) is 11.8 Å². The number of nitrogens with zero attached hydrogens (tertiary/aromatic N) is 2. The Balaban J connectivity index is 1.85. The van der Waals surface area contributed by atoms with Gasteiger partial charge in [-0.1, -0.05) is 6.92 Å². The van der Waals surface area contributed by atoms with Gasteiger partial charge < -0.3 is 5.11 Å². The van der Waals surface area contributed by atoms with E-state index in [1.54, 1.807) is 6.07 Å². The smallest absolute Gasteiger partial charge is 0.215 e. The fourth-order valence-corrected chi connectivity index (χ4v) is 3.38. The summed E-state index contributed by atoms with van der Waals surface area (Å²) in [7, 11) is 0. The van der Waals surface area contributed by atoms with Gasteiger partial charge in [-0.05, 0) is 30.6 Å². The molecule has 4 heteroatoms. The van der Waals surface area contributed by atoms with Gasteiger partial charge in [-0.25, -0.2) is 4.98 Å². The Morgan fingerprint density at radius 1 is 1.33 bits per heavy atom. The summed E-state index contributed by atoms with van der Waals surface area (Å²) in [4.78, 5) is 8.06. The Kier molecular flexibility index (Phi) is 1.96. The molecule has 15 heavy (non-hydrogen) atoms. The first-order valence-corrected chi connectivity index (χ1v) is 5.87. The Morgan fingerprint density at radius 2 is 2.00 bits per heavy atom. The van der Waals surface area contributed by atoms with Crippen molar-refractivity contribution in [2.45, 2.75) is 30.8 Å². The lowest BCUT2D eigenvalue weighted by Crippen LogP contribution is -1.98. The van der Waals surface area contributed by atoms with Crippen LogP contribution in [0.3, 0.4) is 0 Å². The minimum absolute atomic E-state index is 0.0445. The second-order valence-electron chi connectivity index (χ2n) is 4.88. The fourth-order valence-electron chi connectivity index (χ4n) is 3.16. The van der Waals surface area contributed by atoms with Crippen molar-refractivity contribution in [1.82, 2.24) is 9.97 Å². The zero-order chi connectivity index (χ0) is 10.6. The predicted octanol–water partition coefficient (Wildman–Crippen LogP) is 2.23. The second-order valence-corrected chi connectivity index (χ2v) is 5.28. The molecule has 4 atom stereocenters. The maximum absolute atomic E-state index is 9.39. The minimum atomic E-state index is 0.0445. The van der Waals surface area contributed by atoms with Crippen molar-refractivity contribution < 1.29 is 5.11 Å². The van der Waals surface area contributed by atoms with Gasteiger partial charge in [-0.15, -0.1) is 12.6 Å². The Hall–Kier alpha value is -0.770. The van der Waals surface area contributed by atoms with Crippen LogP contribution in [0, 0.1) is 17.8 Å². The highest BCUT2D eigenvalue weighted by Gasteiger charge is 2.56. The normalized spacial score (nSPS) is 37.7. The summed E-state index contributed by atoms with van der Waals surface area (Å²) >= 11 is 4.09. The Bertz CT molecular complexity index is 377. The summed E-state index contributed by atoms with van der Waals surface area (Å²) in [6.45, 7) is 2.31. The molecule has 1 unspecified atom stereocenters. The standard InChI is InChI=1S/C11H14N2OS/c1-5-2-6-7(3-5)10(6)8-4-9(14)13-11(15)12-8/h4-7,10H,2-3H2,1H3,(H2,12,13,14,15)/t5?,6-,7+,10+. The molecule has 0 spiro atoms. The van der Waals surface area contributed by atoms with E-state index in [2.05, 4.69) is 29.5 Å². The van der Waals surface area contributed by atoms with Gasteiger partial charge in [0.15, 0.2) is 5.16 Å². The molecule has 1 aromatic heterocycles. The lowest BCUT2D eigenvalue weighted by Gasteiger charge is -2.08. The first-order chi connectivity index (χ1) is 7.15. The number of aromatic nitrogens is 2. The topological polar surface area (TPSA) is 46.0 Å². The van der Waals surface area contributed by atoms with E-state index in [-0.39, 0.29) is 5.88 Å². The van der Waals surface area contributed by atoms with Crippen molar-refractivity contribution in [3.63, 3.8) is 0 Å². The zero-order valence-electron chi connectivity index (χ0n) is 8.59. The number of hydrogen-bond acceptors (Lipinski definition) is 4. The number of rotatable bonds is 1. The van der Waals surface area contributed by atoms with Crippen LogP contribution >= 0.6 is 12.6 Å². The third kappa shape index (κ3) is 1.51. The van der Waals surface area contributed by atoms with E-state index in [4.69, 9.17) is 0 Å². The number of hydrogen-bond donors (Lipinski definition) is 2. The van der Waals surface area contributed by atoms with Crippen LogP contribution in [-0.4, -0.2) is 15.1 Å². The minimum Gasteiger partial charge on any atom is -0.493 e. The maximum atomic E-state index is 9.39. The molecule has 1 N–H and O–H groups in total. The first-order valence-electron chi connectivity index (χ1n) is 5.42. The van der Waals surface area contributed by atoms with Crippen LogP contribution in [0.4, 0.5) is 0 Å². The van der Waals surface area contributed by atoms with E-state index < -0.39 is 0 Å². The van der Waals surface area contributed by atoms with Crippen molar-refractivity contribution in [3.8, 4) is 5.88 Å². The van der Waals surface area contributed by atoms with Crippen LogP contribution in [-0.2, 0) is 0 Å². The number of thiol groups is 1. The van der Waals surface area contributed by atoms with Crippen molar-refractivity contribution in [1.29, 1.82) is 0 Å². The van der Waals surface area contributed by atoms with Gasteiger partial charge >= 0.3 is 0 Å². The molecule has 2 saturated carbocycles. The molecule has 0 amide bonds. The van der Waals surface area contributed by atoms with Crippen molar-refractivity contribution in [2.75, 3.05) is 0 Å². The molecule has 0 aromatic carbocycles. The van der Waals surface area contributed by atoms with Gasteiger partial charge in [-0.2, -0.15) is 4.98 Å². The molecule has 3 nitrogen and oxygen atoms in total. The third-order valence-corrected chi connectivity index (χ3v) is 3.94. The van der Waals surface area contributed by atoms with Crippen LogP contribution < -0.4 is 0 Å². The molecule has 1 heterocycles. The summed E-state index contributed by atoms with van der Waals surface area (Å²) < 4.78 is 0. The summed E-state index contributed by atoms with van der Waals surface area (Å²) in [6, 6.07) is 1.69. The predicted molar refractivity (Wildman–Crippen MR) is 59.1 cm³/mol. The molecule has 0 saturated heterocycles. The molecule has 2 aliphatic carbocycles. The highest BCUT2D eigenvalue weighted by Crippen LogP contribution is 2.64. The molecular formula is C11H14N2OS. The molecule has 80 valence electrons. The summed E-state index contributed by atoms with van der Waals surface area (Å²) in [6.07, 6.45) is 2.62. The van der Waals surface area contributed by atoms with Crippen molar-refractivity contribution >= 4 is 12.6 Å². The molecule has 0 bridgehead atoms. The van der Waals surface area contributed by atoms with Gasteiger partial charge in [-0.3, -0.25) is 0 Å². The summed E-state index contributed by atoms with van der Waals surface area (Å²) in [5.41, 5.74) is 0.981. The SMILES string of the molecule is CC1C[C@@H]2[C@H](C1)[C@H]2c1cc(O)nc(S)n1. The zero-order valence-corrected chi connectivity index (χ0v) is 9.48. The highest BCUT2D eigenvalue weighted by molar-refractivity contribution is 7.80. The average Bonchev–Trinajstić information content (AvgIpc) is 2.63. The monoisotopic (exact) mass is 222 g/mol. The molecule has 2 fully saturated rings. The van der Waals surface area contributed by atoms with E-state index in [1.807, 2.05) is 0 Å². The first kappa shape index (κ1) is 9.46. The van der Waals surface area contributed by atoms with Crippen LogP contribution in [0.15, 0.2) is 11.2 Å². The summed E-state index contributed by atoms with van der Waals surface area (Å²) in [5.74, 6) is 3.05. The highest BCUT2D eigenvalue weighted by atomic mass is 32.1. The Labute approximate surface area is 94.4 Å². The van der Waals surface area contributed by atoms with Gasteiger partial charge in [0.25, 0.3) is 0 Å². The Morgan fingerprint density at radius 3 is 2.60 bits per heavy atom. The molecular weight excluding hydrogens is 208 g/mol. The molecule has 0 aliphatic heterocycles. The number of fused-ring (bicyclic) bond motifs is 1. The molecule has 3 rings (SSSR count). The average molecular weight is 222 g/mol. The molecule has 2 aliphatic rings. The van der Waals surface area contributed by atoms with Crippen LogP contribution in [0.25, 0.3) is 0 Å². The number of aromatic hydroxyl groups is 1. The van der Waals surface area contributed by atoms with E-state index in [9.17, 15) is 5.11 Å². The molecule has 1 aromatic rings. The van der Waals surface area contributed by atoms with Crippen LogP contribution in [0.5, 0.6) is 5.88 Å². The second kappa shape index (κ2) is 3.11. The van der Waals surface area contributed by atoms with Crippen LogP contribution in [0.1, 0.15) is 31.4 Å². The van der Waals surface area contributed by atoms with Crippen molar-refractivity contribution in [2.24, 2.45) is 17.8 Å². The van der Waals surface area contributed by atoms with E-state index in [0.29, 0.717) is 11.1 Å². The maximum Gasteiger partial charge on any atom is 0.215 e. The lowest BCUT2D eigenvalue weighted by molar-refractivity contribution is 0.441. The lowest BCUT2D eigenvalue weighted by atomic mass is 10.0. The molecule has 0 radical (unpaired) electrons. The van der Waals surface area contributed by atoms with Gasteiger partial charge in [0.2, 0.25) is 5.88 Å². The summed E-state index contributed by atoms with van der Waals surface area (Å²) in [5, 5.41) is 9.76. The third-order valence-electron chi connectivity index (χ3n) is 3.74. The van der Waals surface area contributed by atoms with Gasteiger partial charge in [0.1, 0.15) is 0 Å². The van der Waals surface area contributed by atoms with E-state index in [0.717, 1.165) is 23.4 Å². The van der Waals surface area contributed by atoms with Gasteiger partial charge in [0, 0.05) is 12.0 Å². The van der Waals surface area contributed by atoms with Gasteiger partial charge in [0.05, 0.1) is 5.69 Å². The van der Waals surface area contributed by atoms with E-state index in [1.165, 1.54) is 12.8 Å². The van der Waals surface area contributed by atoms with Crippen LogP contribution in [0.2, 0.25) is 0 Å². The van der Waals surface area contributed by atoms with E-state index >= 15 is 0 Å².